The molecular weight excluding hydrogens is 242 g/mol. The highest BCUT2D eigenvalue weighted by Gasteiger charge is 2.05. The number of benzene rings is 1. The van der Waals surface area contributed by atoms with Crippen molar-refractivity contribution in [3.63, 3.8) is 0 Å². The first kappa shape index (κ1) is 13.6. The van der Waals surface area contributed by atoms with E-state index < -0.39 is 4.92 Å². The number of carbonyl (C=O) groups is 1. The number of unbranched alkanes of at least 4 members (excludes halogenated alkanes) is 2. The quantitative estimate of drug-likeness (QED) is 0.324. The van der Waals surface area contributed by atoms with Gasteiger partial charge in [-0.1, -0.05) is 18.6 Å². The molecule has 1 aromatic rings. The molecule has 0 aliphatic rings. The second-order valence-electron chi connectivity index (χ2n) is 3.84. The Balaban J connectivity index is 2.34. The van der Waals surface area contributed by atoms with E-state index >= 15 is 0 Å². The lowest BCUT2D eigenvalue weighted by Gasteiger charge is -2.01. The number of hydrogen-bond acceptors (Lipinski definition) is 3. The van der Waals surface area contributed by atoms with Crippen molar-refractivity contribution in [2.45, 2.75) is 32.1 Å². The molecule has 0 fully saturated rings. The van der Waals surface area contributed by atoms with E-state index in [0.717, 1.165) is 31.2 Å². The summed E-state index contributed by atoms with van der Waals surface area (Å²) >= 11 is 5.22. The van der Waals surface area contributed by atoms with E-state index in [-0.39, 0.29) is 10.9 Å². The van der Waals surface area contributed by atoms with Gasteiger partial charge in [0.25, 0.3) is 5.69 Å². The van der Waals surface area contributed by atoms with Gasteiger partial charge in [-0.3, -0.25) is 14.9 Å². The standard InChI is InChI=1S/C12H14ClNO3/c13-12(15)8-3-1-2-5-10-6-4-7-11(9-10)14(16)17/h4,6-7,9H,1-3,5,8H2. The van der Waals surface area contributed by atoms with Gasteiger partial charge in [-0.25, -0.2) is 0 Å². The monoisotopic (exact) mass is 255 g/mol. The van der Waals surface area contributed by atoms with Gasteiger partial charge in [0.2, 0.25) is 5.24 Å². The smallest absolute Gasteiger partial charge is 0.269 e. The maximum absolute atomic E-state index is 10.6. The van der Waals surface area contributed by atoms with Gasteiger partial charge < -0.3 is 0 Å². The SMILES string of the molecule is O=C(Cl)CCCCCc1cccc([N+](=O)[O-])c1. The lowest BCUT2D eigenvalue weighted by Crippen LogP contribution is -1.92. The first-order valence-electron chi connectivity index (χ1n) is 5.51. The Hall–Kier alpha value is -1.42. The van der Waals surface area contributed by atoms with Crippen molar-refractivity contribution >= 4 is 22.5 Å². The minimum atomic E-state index is -0.393. The summed E-state index contributed by atoms with van der Waals surface area (Å²) in [5, 5.41) is 10.3. The molecule has 0 bridgehead atoms. The third kappa shape index (κ3) is 5.45. The molecule has 0 aliphatic heterocycles. The van der Waals surface area contributed by atoms with Crippen LogP contribution in [-0.2, 0) is 11.2 Å². The average molecular weight is 256 g/mol. The highest BCUT2D eigenvalue weighted by atomic mass is 35.5. The van der Waals surface area contributed by atoms with E-state index in [1.807, 2.05) is 6.07 Å². The van der Waals surface area contributed by atoms with E-state index in [9.17, 15) is 14.9 Å². The third-order valence-corrected chi connectivity index (χ3v) is 2.65. The lowest BCUT2D eigenvalue weighted by molar-refractivity contribution is -0.384. The van der Waals surface area contributed by atoms with Crippen LogP contribution in [0, 0.1) is 10.1 Å². The Morgan fingerprint density at radius 2 is 2.06 bits per heavy atom. The molecule has 0 radical (unpaired) electrons. The summed E-state index contributed by atoms with van der Waals surface area (Å²) in [5.41, 5.74) is 1.08. The highest BCUT2D eigenvalue weighted by molar-refractivity contribution is 6.63. The molecule has 0 atom stereocenters. The maximum Gasteiger partial charge on any atom is 0.269 e. The van der Waals surface area contributed by atoms with E-state index in [2.05, 4.69) is 0 Å². The van der Waals surface area contributed by atoms with Crippen LogP contribution >= 0.6 is 11.6 Å². The Labute approximate surface area is 105 Å². The molecule has 1 rings (SSSR count). The molecule has 0 amide bonds. The Bertz CT molecular complexity index is 406. The zero-order valence-electron chi connectivity index (χ0n) is 9.39. The fourth-order valence-corrected chi connectivity index (χ4v) is 1.73. The molecule has 17 heavy (non-hydrogen) atoms. The number of halogens is 1. The number of nitro groups is 1. The largest absolute Gasteiger partial charge is 0.281 e. The van der Waals surface area contributed by atoms with Crippen molar-refractivity contribution in [1.82, 2.24) is 0 Å². The molecule has 0 N–H and O–H groups in total. The van der Waals surface area contributed by atoms with Gasteiger partial charge in [-0.05, 0) is 36.4 Å². The van der Waals surface area contributed by atoms with Crippen molar-refractivity contribution in [2.75, 3.05) is 0 Å². The fourth-order valence-electron chi connectivity index (χ4n) is 1.60. The molecule has 4 nitrogen and oxygen atoms in total. The van der Waals surface area contributed by atoms with Crippen molar-refractivity contribution in [2.24, 2.45) is 0 Å². The van der Waals surface area contributed by atoms with E-state index in [1.54, 1.807) is 12.1 Å². The number of aryl methyl sites for hydroxylation is 1. The first-order valence-corrected chi connectivity index (χ1v) is 5.89. The van der Waals surface area contributed by atoms with Crippen LogP contribution in [0.25, 0.3) is 0 Å². The van der Waals surface area contributed by atoms with Crippen LogP contribution in [0.4, 0.5) is 5.69 Å². The molecule has 0 heterocycles. The number of nitrogens with zero attached hydrogens (tertiary/aromatic N) is 1. The third-order valence-electron chi connectivity index (χ3n) is 2.46. The van der Waals surface area contributed by atoms with Crippen molar-refractivity contribution in [3.05, 3.63) is 39.9 Å². The number of carbonyl (C=O) groups excluding carboxylic acids is 1. The molecule has 0 aliphatic carbocycles. The van der Waals surface area contributed by atoms with Crippen molar-refractivity contribution in [1.29, 1.82) is 0 Å². The van der Waals surface area contributed by atoms with Crippen molar-refractivity contribution < 1.29 is 9.72 Å². The molecule has 0 saturated heterocycles. The summed E-state index contributed by atoms with van der Waals surface area (Å²) < 4.78 is 0. The van der Waals surface area contributed by atoms with Crippen LogP contribution in [0.5, 0.6) is 0 Å². The topological polar surface area (TPSA) is 60.2 Å². The summed E-state index contributed by atoms with van der Waals surface area (Å²) in [6.07, 6.45) is 3.78. The molecule has 5 heteroatoms. The van der Waals surface area contributed by atoms with Crippen LogP contribution in [0.1, 0.15) is 31.2 Å². The maximum atomic E-state index is 10.6. The van der Waals surface area contributed by atoms with Crippen molar-refractivity contribution in [3.8, 4) is 0 Å². The van der Waals surface area contributed by atoms with Crippen LogP contribution in [-0.4, -0.2) is 10.2 Å². The molecule has 0 unspecified atom stereocenters. The Kier molecular flexibility index (Phi) is 5.63. The summed E-state index contributed by atoms with van der Waals surface area (Å²) in [6.45, 7) is 0. The normalized spacial score (nSPS) is 10.2. The predicted molar refractivity (Wildman–Crippen MR) is 66.1 cm³/mol. The second-order valence-corrected chi connectivity index (χ2v) is 4.26. The number of nitro benzene ring substituents is 1. The van der Waals surface area contributed by atoms with Gasteiger partial charge in [-0.2, -0.15) is 0 Å². The molecular formula is C12H14ClNO3. The number of hydrogen-bond donors (Lipinski definition) is 0. The van der Waals surface area contributed by atoms with Gasteiger partial charge in [0, 0.05) is 18.6 Å². The van der Waals surface area contributed by atoms with E-state index in [0.29, 0.717) is 6.42 Å². The lowest BCUT2D eigenvalue weighted by atomic mass is 10.1. The predicted octanol–water partition coefficient (Wildman–Crippen LogP) is 3.46. The number of rotatable bonds is 7. The minimum absolute atomic E-state index is 0.124. The summed E-state index contributed by atoms with van der Waals surface area (Å²) in [6, 6.07) is 6.64. The summed E-state index contributed by atoms with van der Waals surface area (Å²) in [5.74, 6) is 0. The molecule has 0 aromatic heterocycles. The molecule has 0 spiro atoms. The van der Waals surface area contributed by atoms with E-state index in [1.165, 1.54) is 6.07 Å². The zero-order chi connectivity index (χ0) is 12.7. The van der Waals surface area contributed by atoms with Gasteiger partial charge >= 0.3 is 0 Å². The van der Waals surface area contributed by atoms with Gasteiger partial charge in [0.05, 0.1) is 4.92 Å². The average Bonchev–Trinajstić information content (AvgIpc) is 2.28. The highest BCUT2D eigenvalue weighted by Crippen LogP contribution is 2.15. The van der Waals surface area contributed by atoms with Crippen LogP contribution in [0.3, 0.4) is 0 Å². The Morgan fingerprint density at radius 1 is 1.29 bits per heavy atom. The van der Waals surface area contributed by atoms with Gasteiger partial charge in [-0.15, -0.1) is 0 Å². The summed E-state index contributed by atoms with van der Waals surface area (Å²) in [7, 11) is 0. The molecule has 1 aromatic carbocycles. The van der Waals surface area contributed by atoms with Gasteiger partial charge in [0.15, 0.2) is 0 Å². The minimum Gasteiger partial charge on any atom is -0.281 e. The first-order chi connectivity index (χ1) is 8.09. The van der Waals surface area contributed by atoms with E-state index in [4.69, 9.17) is 11.6 Å². The fraction of sp³-hybridized carbons (Fsp3) is 0.417. The second kappa shape index (κ2) is 7.01. The molecule has 0 saturated carbocycles. The number of non-ortho nitro benzene ring substituents is 1. The zero-order valence-corrected chi connectivity index (χ0v) is 10.2. The van der Waals surface area contributed by atoms with Crippen LogP contribution < -0.4 is 0 Å². The van der Waals surface area contributed by atoms with Crippen LogP contribution in [0.2, 0.25) is 0 Å². The Morgan fingerprint density at radius 3 is 2.71 bits per heavy atom. The summed E-state index contributed by atoms with van der Waals surface area (Å²) in [4.78, 5) is 20.7. The van der Waals surface area contributed by atoms with Gasteiger partial charge in [0.1, 0.15) is 0 Å². The molecule has 92 valence electrons. The van der Waals surface area contributed by atoms with Crippen LogP contribution in [0.15, 0.2) is 24.3 Å².